The number of rotatable bonds is 5. The monoisotopic (exact) mass is 272 g/mol. The lowest BCUT2D eigenvalue weighted by Gasteiger charge is -2.17. The van der Waals surface area contributed by atoms with Gasteiger partial charge in [0, 0.05) is 11.6 Å². The Morgan fingerprint density at radius 1 is 1.25 bits per heavy atom. The van der Waals surface area contributed by atoms with Crippen molar-refractivity contribution in [2.45, 2.75) is 12.8 Å². The maximum absolute atomic E-state index is 12.1. The van der Waals surface area contributed by atoms with Crippen molar-refractivity contribution in [3.05, 3.63) is 36.4 Å². The van der Waals surface area contributed by atoms with Gasteiger partial charge in [0.1, 0.15) is 12.4 Å². The quantitative estimate of drug-likeness (QED) is 0.489. The molecule has 2 aliphatic rings. The normalized spacial score (nSPS) is 26.7. The number of ether oxygens (including phenoxy) is 1. The van der Waals surface area contributed by atoms with E-state index in [2.05, 4.69) is 17.5 Å². The van der Waals surface area contributed by atoms with Crippen molar-refractivity contribution in [3.8, 4) is 5.75 Å². The zero-order chi connectivity index (χ0) is 13.9. The molecule has 1 aromatic rings. The molecule has 0 aromatic heterocycles. The van der Waals surface area contributed by atoms with Crippen molar-refractivity contribution in [3.63, 3.8) is 0 Å². The highest BCUT2D eigenvalue weighted by Crippen LogP contribution is 2.43. The number of hydrogen-bond acceptors (Lipinski definition) is 3. The molecule has 0 saturated heterocycles. The third kappa shape index (κ3) is 2.79. The smallest absolute Gasteiger partial charge is 0.223 e. The predicted molar refractivity (Wildman–Crippen MR) is 78.2 cm³/mol. The number of fused-ring (bicyclic) bond motifs is 2. The van der Waals surface area contributed by atoms with Crippen molar-refractivity contribution < 1.29 is 9.53 Å². The van der Waals surface area contributed by atoms with Crippen LogP contribution in [-0.4, -0.2) is 19.1 Å². The number of benzene rings is 1. The summed E-state index contributed by atoms with van der Waals surface area (Å²) in [5.74, 6) is 2.19. The average Bonchev–Trinajstić information content (AvgIpc) is 3.08. The first kappa shape index (κ1) is 13.0. The van der Waals surface area contributed by atoms with Crippen LogP contribution in [0, 0.1) is 17.8 Å². The molecule has 4 nitrogen and oxygen atoms in total. The van der Waals surface area contributed by atoms with Gasteiger partial charge in [-0.1, -0.05) is 12.2 Å². The van der Waals surface area contributed by atoms with Crippen molar-refractivity contribution in [1.82, 2.24) is 5.32 Å². The Labute approximate surface area is 119 Å². The molecule has 0 aliphatic heterocycles. The first-order valence-corrected chi connectivity index (χ1v) is 7.17. The number of allylic oxidation sites excluding steroid dienone is 2. The second kappa shape index (κ2) is 5.57. The Bertz CT molecular complexity index is 510. The molecular weight excluding hydrogens is 252 g/mol. The second-order valence-corrected chi connectivity index (χ2v) is 5.60. The summed E-state index contributed by atoms with van der Waals surface area (Å²) in [6.07, 6.45) is 6.60. The molecule has 2 aliphatic carbocycles. The van der Waals surface area contributed by atoms with E-state index >= 15 is 0 Å². The van der Waals surface area contributed by atoms with Gasteiger partial charge in [0.25, 0.3) is 0 Å². The Hall–Kier alpha value is -1.97. The maximum atomic E-state index is 12.1. The summed E-state index contributed by atoms with van der Waals surface area (Å²) in [5, 5.41) is 2.97. The van der Waals surface area contributed by atoms with Gasteiger partial charge in [-0.25, -0.2) is 0 Å². The highest BCUT2D eigenvalue weighted by atomic mass is 16.5. The lowest BCUT2D eigenvalue weighted by molar-refractivity contribution is -0.125. The van der Waals surface area contributed by atoms with Gasteiger partial charge in [0.15, 0.2) is 0 Å². The minimum Gasteiger partial charge on any atom is -0.492 e. The molecule has 20 heavy (non-hydrogen) atoms. The number of amides is 1. The standard InChI is InChI=1S/C16H20N2O2/c17-13-3-5-14(6-4-13)20-8-7-18-16(19)15-10-11-1-2-12(15)9-11/h1-6,11-12,15H,7-10,17H2,(H,18,19). The van der Waals surface area contributed by atoms with E-state index in [1.807, 2.05) is 12.1 Å². The molecule has 3 unspecified atom stereocenters. The molecule has 4 heteroatoms. The minimum atomic E-state index is 0.168. The first-order valence-electron chi connectivity index (χ1n) is 7.17. The fourth-order valence-electron chi connectivity index (χ4n) is 3.12. The molecule has 2 bridgehead atoms. The van der Waals surface area contributed by atoms with E-state index in [9.17, 15) is 4.79 Å². The van der Waals surface area contributed by atoms with E-state index in [4.69, 9.17) is 10.5 Å². The summed E-state index contributed by atoms with van der Waals surface area (Å²) >= 11 is 0. The van der Waals surface area contributed by atoms with E-state index in [1.165, 1.54) is 0 Å². The third-order valence-electron chi connectivity index (χ3n) is 4.17. The lowest BCUT2D eigenvalue weighted by atomic mass is 9.93. The first-order chi connectivity index (χ1) is 9.72. The van der Waals surface area contributed by atoms with Crippen molar-refractivity contribution >= 4 is 11.6 Å². The van der Waals surface area contributed by atoms with Gasteiger partial charge < -0.3 is 15.8 Å². The molecule has 0 spiro atoms. The summed E-state index contributed by atoms with van der Waals surface area (Å²) < 4.78 is 5.55. The topological polar surface area (TPSA) is 64.3 Å². The fraction of sp³-hybridized carbons (Fsp3) is 0.438. The Morgan fingerprint density at radius 3 is 2.70 bits per heavy atom. The minimum absolute atomic E-state index is 0.168. The second-order valence-electron chi connectivity index (χ2n) is 5.60. The van der Waals surface area contributed by atoms with Crippen LogP contribution in [0.15, 0.2) is 36.4 Å². The number of carbonyl (C=O) groups is 1. The largest absolute Gasteiger partial charge is 0.492 e. The third-order valence-corrected chi connectivity index (χ3v) is 4.17. The van der Waals surface area contributed by atoms with Crippen LogP contribution < -0.4 is 15.8 Å². The van der Waals surface area contributed by atoms with Gasteiger partial charge in [-0.2, -0.15) is 0 Å². The van der Waals surface area contributed by atoms with Crippen LogP contribution in [0.5, 0.6) is 5.75 Å². The van der Waals surface area contributed by atoms with Gasteiger partial charge in [-0.05, 0) is 48.9 Å². The van der Waals surface area contributed by atoms with Gasteiger partial charge in [0.05, 0.1) is 6.54 Å². The highest BCUT2D eigenvalue weighted by Gasteiger charge is 2.39. The zero-order valence-electron chi connectivity index (χ0n) is 11.4. The molecule has 0 heterocycles. The molecule has 1 saturated carbocycles. The summed E-state index contributed by atoms with van der Waals surface area (Å²) in [7, 11) is 0. The van der Waals surface area contributed by atoms with Gasteiger partial charge in [0.2, 0.25) is 5.91 Å². The molecular formula is C16H20N2O2. The molecule has 3 rings (SSSR count). The van der Waals surface area contributed by atoms with Gasteiger partial charge in [-0.15, -0.1) is 0 Å². The van der Waals surface area contributed by atoms with E-state index in [0.717, 1.165) is 24.3 Å². The molecule has 3 atom stereocenters. The molecule has 1 fully saturated rings. The van der Waals surface area contributed by atoms with Crippen LogP contribution in [0.2, 0.25) is 0 Å². The van der Waals surface area contributed by atoms with E-state index < -0.39 is 0 Å². The maximum Gasteiger partial charge on any atom is 0.223 e. The van der Waals surface area contributed by atoms with Crippen LogP contribution in [0.3, 0.4) is 0 Å². The van der Waals surface area contributed by atoms with E-state index in [-0.39, 0.29) is 11.8 Å². The Kier molecular flexibility index (Phi) is 3.63. The van der Waals surface area contributed by atoms with Crippen LogP contribution in [0.4, 0.5) is 5.69 Å². The van der Waals surface area contributed by atoms with Crippen LogP contribution >= 0.6 is 0 Å². The summed E-state index contributed by atoms with van der Waals surface area (Å²) in [6.45, 7) is 1.02. The average molecular weight is 272 g/mol. The number of nitrogen functional groups attached to an aromatic ring is 1. The molecule has 106 valence electrons. The summed E-state index contributed by atoms with van der Waals surface area (Å²) in [5.41, 5.74) is 6.32. The summed E-state index contributed by atoms with van der Waals surface area (Å²) in [6, 6.07) is 7.26. The summed E-state index contributed by atoms with van der Waals surface area (Å²) in [4.78, 5) is 12.1. The number of nitrogens with one attached hydrogen (secondary N) is 1. The van der Waals surface area contributed by atoms with E-state index in [0.29, 0.717) is 25.0 Å². The number of nitrogens with two attached hydrogens (primary N) is 1. The zero-order valence-corrected chi connectivity index (χ0v) is 11.4. The van der Waals surface area contributed by atoms with Crippen molar-refractivity contribution in [2.75, 3.05) is 18.9 Å². The van der Waals surface area contributed by atoms with Crippen molar-refractivity contribution in [2.24, 2.45) is 17.8 Å². The van der Waals surface area contributed by atoms with Gasteiger partial charge in [-0.3, -0.25) is 4.79 Å². The van der Waals surface area contributed by atoms with Crippen LogP contribution in [0.25, 0.3) is 0 Å². The number of hydrogen-bond donors (Lipinski definition) is 2. The molecule has 1 amide bonds. The highest BCUT2D eigenvalue weighted by molar-refractivity contribution is 5.79. The Balaban J connectivity index is 1.38. The number of carbonyl (C=O) groups excluding carboxylic acids is 1. The predicted octanol–water partition coefficient (Wildman–Crippen LogP) is 1.98. The SMILES string of the molecule is Nc1ccc(OCCNC(=O)C2CC3C=CC2C3)cc1. The van der Waals surface area contributed by atoms with Crippen LogP contribution in [0.1, 0.15) is 12.8 Å². The number of anilines is 1. The van der Waals surface area contributed by atoms with Gasteiger partial charge >= 0.3 is 0 Å². The fourth-order valence-corrected chi connectivity index (χ4v) is 3.12. The Morgan fingerprint density at radius 2 is 2.05 bits per heavy atom. The lowest BCUT2D eigenvalue weighted by Crippen LogP contribution is -2.35. The molecule has 0 radical (unpaired) electrons. The van der Waals surface area contributed by atoms with Crippen molar-refractivity contribution in [1.29, 1.82) is 0 Å². The molecule has 3 N–H and O–H groups in total. The molecule has 1 aromatic carbocycles. The van der Waals surface area contributed by atoms with Crippen LogP contribution in [-0.2, 0) is 4.79 Å². The van der Waals surface area contributed by atoms with E-state index in [1.54, 1.807) is 12.1 Å².